The average molecular weight is 295 g/mol. The fourth-order valence-corrected chi connectivity index (χ4v) is 3.22. The zero-order valence-corrected chi connectivity index (χ0v) is 12.7. The van der Waals surface area contributed by atoms with Gasteiger partial charge in [0.15, 0.2) is 0 Å². The summed E-state index contributed by atoms with van der Waals surface area (Å²) in [5.74, 6) is -0.675. The second-order valence-corrected chi connectivity index (χ2v) is 6.31. The first-order chi connectivity index (χ1) is 9.47. The topological polar surface area (TPSA) is 12.0 Å². The lowest BCUT2D eigenvalue weighted by Crippen LogP contribution is -2.28. The van der Waals surface area contributed by atoms with Crippen LogP contribution in [-0.4, -0.2) is 0 Å². The van der Waals surface area contributed by atoms with Crippen LogP contribution < -0.4 is 5.32 Å². The van der Waals surface area contributed by atoms with Crippen molar-refractivity contribution in [2.45, 2.75) is 32.9 Å². The van der Waals surface area contributed by atoms with Gasteiger partial charge in [0.25, 0.3) is 0 Å². The Morgan fingerprint density at radius 2 is 1.70 bits per heavy atom. The van der Waals surface area contributed by atoms with Crippen LogP contribution in [0.1, 0.15) is 43.3 Å². The molecule has 2 rings (SSSR count). The first-order valence-electron chi connectivity index (χ1n) is 6.73. The van der Waals surface area contributed by atoms with Crippen molar-refractivity contribution in [1.29, 1.82) is 0 Å². The van der Waals surface area contributed by atoms with Crippen molar-refractivity contribution in [3.63, 3.8) is 0 Å². The Hall–Kier alpha value is -1.26. The SMILES string of the molecule is CC(NC(c1cccs1)C(C)C)c1cc(F)cc(F)c1. The van der Waals surface area contributed by atoms with Gasteiger partial charge in [0.2, 0.25) is 0 Å². The normalized spacial score (nSPS) is 14.5. The predicted octanol–water partition coefficient (Wildman–Crippen LogP) is 5.07. The van der Waals surface area contributed by atoms with E-state index in [1.807, 2.05) is 18.4 Å². The highest BCUT2D eigenvalue weighted by atomic mass is 32.1. The summed E-state index contributed by atoms with van der Waals surface area (Å²) >= 11 is 1.69. The van der Waals surface area contributed by atoms with Crippen molar-refractivity contribution in [2.75, 3.05) is 0 Å². The molecule has 0 spiro atoms. The van der Waals surface area contributed by atoms with Crippen LogP contribution in [0.2, 0.25) is 0 Å². The van der Waals surface area contributed by atoms with E-state index in [1.54, 1.807) is 11.3 Å². The van der Waals surface area contributed by atoms with E-state index in [4.69, 9.17) is 0 Å². The predicted molar refractivity (Wildman–Crippen MR) is 79.8 cm³/mol. The van der Waals surface area contributed by atoms with Crippen LogP contribution in [0.4, 0.5) is 8.78 Å². The Morgan fingerprint density at radius 3 is 2.20 bits per heavy atom. The van der Waals surface area contributed by atoms with Gasteiger partial charge in [-0.25, -0.2) is 8.78 Å². The zero-order chi connectivity index (χ0) is 14.7. The minimum Gasteiger partial charge on any atom is -0.302 e. The molecule has 2 aromatic rings. The molecule has 108 valence electrons. The second kappa shape index (κ2) is 6.46. The number of benzene rings is 1. The van der Waals surface area contributed by atoms with Gasteiger partial charge in [-0.2, -0.15) is 0 Å². The Kier molecular flexibility index (Phi) is 4.89. The highest BCUT2D eigenvalue weighted by Gasteiger charge is 2.20. The van der Waals surface area contributed by atoms with E-state index >= 15 is 0 Å². The van der Waals surface area contributed by atoms with E-state index in [0.29, 0.717) is 11.5 Å². The van der Waals surface area contributed by atoms with Gasteiger partial charge in [0.1, 0.15) is 11.6 Å². The Morgan fingerprint density at radius 1 is 1.05 bits per heavy atom. The van der Waals surface area contributed by atoms with E-state index in [-0.39, 0.29) is 12.1 Å². The van der Waals surface area contributed by atoms with Gasteiger partial charge < -0.3 is 5.32 Å². The van der Waals surface area contributed by atoms with Crippen molar-refractivity contribution in [1.82, 2.24) is 5.32 Å². The van der Waals surface area contributed by atoms with Crippen LogP contribution in [0.15, 0.2) is 35.7 Å². The molecule has 2 unspecified atom stereocenters. The quantitative estimate of drug-likeness (QED) is 0.811. The number of nitrogens with one attached hydrogen (secondary N) is 1. The van der Waals surface area contributed by atoms with E-state index < -0.39 is 11.6 Å². The first-order valence-corrected chi connectivity index (χ1v) is 7.60. The molecule has 0 bridgehead atoms. The molecule has 0 amide bonds. The van der Waals surface area contributed by atoms with Crippen LogP contribution in [0.5, 0.6) is 0 Å². The fraction of sp³-hybridized carbons (Fsp3) is 0.375. The molecule has 2 atom stereocenters. The lowest BCUT2D eigenvalue weighted by molar-refractivity contribution is 0.378. The van der Waals surface area contributed by atoms with Gasteiger partial charge >= 0.3 is 0 Å². The lowest BCUT2D eigenvalue weighted by Gasteiger charge is -2.26. The summed E-state index contributed by atoms with van der Waals surface area (Å²) in [4.78, 5) is 1.24. The maximum atomic E-state index is 13.3. The number of rotatable bonds is 5. The average Bonchev–Trinajstić information content (AvgIpc) is 2.87. The third-order valence-corrected chi connectivity index (χ3v) is 4.29. The summed E-state index contributed by atoms with van der Waals surface area (Å²) in [6.45, 7) is 6.20. The van der Waals surface area contributed by atoms with Crippen LogP contribution in [0.3, 0.4) is 0 Å². The number of thiophene rings is 1. The van der Waals surface area contributed by atoms with Crippen molar-refractivity contribution in [3.8, 4) is 0 Å². The lowest BCUT2D eigenvalue weighted by atomic mass is 9.99. The van der Waals surface area contributed by atoms with Crippen LogP contribution >= 0.6 is 11.3 Å². The monoisotopic (exact) mass is 295 g/mol. The summed E-state index contributed by atoms with van der Waals surface area (Å²) in [5.41, 5.74) is 0.629. The first kappa shape index (κ1) is 15.1. The van der Waals surface area contributed by atoms with Gasteiger partial charge in [-0.1, -0.05) is 19.9 Å². The summed E-state index contributed by atoms with van der Waals surface area (Å²) in [5, 5.41) is 5.51. The molecule has 0 aliphatic heterocycles. The fourth-order valence-electron chi connectivity index (χ4n) is 2.26. The maximum Gasteiger partial charge on any atom is 0.126 e. The molecule has 1 nitrogen and oxygen atoms in total. The Bertz CT molecular complexity index is 531. The molecule has 1 N–H and O–H groups in total. The molecule has 0 aliphatic carbocycles. The summed E-state index contributed by atoms with van der Waals surface area (Å²) in [6, 6.07) is 7.82. The van der Waals surface area contributed by atoms with Crippen LogP contribution in [0, 0.1) is 17.6 Å². The molecule has 1 aromatic heterocycles. The van der Waals surface area contributed by atoms with Gasteiger partial charge in [-0.05, 0) is 42.0 Å². The third kappa shape index (κ3) is 3.64. The van der Waals surface area contributed by atoms with Crippen LogP contribution in [0.25, 0.3) is 0 Å². The van der Waals surface area contributed by atoms with Crippen molar-refractivity contribution in [2.24, 2.45) is 5.92 Å². The van der Waals surface area contributed by atoms with Crippen LogP contribution in [-0.2, 0) is 0 Å². The molecule has 0 radical (unpaired) electrons. The molecule has 1 heterocycles. The molecule has 0 aliphatic rings. The Labute approximate surface area is 122 Å². The third-order valence-electron chi connectivity index (χ3n) is 3.33. The van der Waals surface area contributed by atoms with Gasteiger partial charge in [-0.3, -0.25) is 0 Å². The molecule has 0 saturated heterocycles. The van der Waals surface area contributed by atoms with Crippen molar-refractivity contribution < 1.29 is 8.78 Å². The number of halogens is 2. The Balaban J connectivity index is 2.18. The van der Waals surface area contributed by atoms with Crippen molar-refractivity contribution >= 4 is 11.3 Å². The highest BCUT2D eigenvalue weighted by molar-refractivity contribution is 7.10. The van der Waals surface area contributed by atoms with Gasteiger partial charge in [-0.15, -0.1) is 11.3 Å². The maximum absolute atomic E-state index is 13.3. The zero-order valence-electron chi connectivity index (χ0n) is 11.9. The molecule has 0 fully saturated rings. The molecule has 20 heavy (non-hydrogen) atoms. The van der Waals surface area contributed by atoms with Gasteiger partial charge in [0, 0.05) is 23.0 Å². The highest BCUT2D eigenvalue weighted by Crippen LogP contribution is 2.29. The largest absolute Gasteiger partial charge is 0.302 e. The van der Waals surface area contributed by atoms with E-state index in [2.05, 4.69) is 25.2 Å². The molecular formula is C16H19F2NS. The minimum atomic E-state index is -0.536. The summed E-state index contributed by atoms with van der Waals surface area (Å²) in [7, 11) is 0. The number of hydrogen-bond acceptors (Lipinski definition) is 2. The standard InChI is InChI=1S/C16H19F2NS/c1-10(2)16(15-5-4-6-20-15)19-11(3)12-7-13(17)9-14(18)8-12/h4-11,16,19H,1-3H3. The van der Waals surface area contributed by atoms with Crippen molar-refractivity contribution in [3.05, 3.63) is 57.8 Å². The molecule has 4 heteroatoms. The molecule has 0 saturated carbocycles. The second-order valence-electron chi connectivity index (χ2n) is 5.33. The van der Waals surface area contributed by atoms with E-state index in [9.17, 15) is 8.78 Å². The summed E-state index contributed by atoms with van der Waals surface area (Å²) < 4.78 is 26.6. The number of hydrogen-bond donors (Lipinski definition) is 1. The van der Waals surface area contributed by atoms with E-state index in [0.717, 1.165) is 6.07 Å². The molecule has 1 aromatic carbocycles. The smallest absolute Gasteiger partial charge is 0.126 e. The van der Waals surface area contributed by atoms with Gasteiger partial charge in [0.05, 0.1) is 0 Å². The minimum absolute atomic E-state index is 0.116. The molecular weight excluding hydrogens is 276 g/mol. The summed E-state index contributed by atoms with van der Waals surface area (Å²) in [6.07, 6.45) is 0. The van der Waals surface area contributed by atoms with E-state index in [1.165, 1.54) is 17.0 Å².